The molecule has 0 aliphatic carbocycles. The third kappa shape index (κ3) is 3.05. The van der Waals surface area contributed by atoms with Gasteiger partial charge in [-0.05, 0) is 44.4 Å². The quantitative estimate of drug-likeness (QED) is 0.883. The molecule has 0 bridgehead atoms. The van der Waals surface area contributed by atoms with E-state index in [9.17, 15) is 5.11 Å². The van der Waals surface area contributed by atoms with Crippen molar-refractivity contribution in [3.8, 4) is 0 Å². The normalized spacial score (nSPS) is 20.8. The van der Waals surface area contributed by atoms with E-state index in [1.807, 2.05) is 13.8 Å². The Kier molecular flexibility index (Phi) is 3.99. The lowest BCUT2D eigenvalue weighted by molar-refractivity contribution is 0.0351. The first kappa shape index (κ1) is 13.8. The summed E-state index contributed by atoms with van der Waals surface area (Å²) in [5.41, 5.74) is 7.73. The highest BCUT2D eigenvalue weighted by Crippen LogP contribution is 2.30. The molecule has 3 nitrogen and oxygen atoms in total. The molecular formula is C14H21BrN2O. The van der Waals surface area contributed by atoms with Crippen LogP contribution in [0.15, 0.2) is 22.7 Å². The van der Waals surface area contributed by atoms with Gasteiger partial charge in [0.25, 0.3) is 0 Å². The Morgan fingerprint density at radius 3 is 2.50 bits per heavy atom. The Morgan fingerprint density at radius 1 is 1.39 bits per heavy atom. The molecule has 1 atom stereocenters. The number of hydrogen-bond donors (Lipinski definition) is 2. The van der Waals surface area contributed by atoms with Crippen LogP contribution in [0.25, 0.3) is 0 Å². The van der Waals surface area contributed by atoms with Crippen LogP contribution in [-0.2, 0) is 0 Å². The van der Waals surface area contributed by atoms with E-state index in [-0.39, 0.29) is 6.04 Å². The van der Waals surface area contributed by atoms with Crippen LogP contribution in [0.1, 0.15) is 38.3 Å². The van der Waals surface area contributed by atoms with Crippen LogP contribution in [0.4, 0.5) is 5.69 Å². The Morgan fingerprint density at radius 2 is 2.00 bits per heavy atom. The molecule has 1 aliphatic rings. The summed E-state index contributed by atoms with van der Waals surface area (Å²) in [5.74, 6) is 0. The largest absolute Gasteiger partial charge is 0.390 e. The summed E-state index contributed by atoms with van der Waals surface area (Å²) in [6, 6.07) is 6.36. The zero-order chi connectivity index (χ0) is 13.3. The molecule has 100 valence electrons. The van der Waals surface area contributed by atoms with Crippen molar-refractivity contribution in [3.05, 3.63) is 28.2 Å². The van der Waals surface area contributed by atoms with E-state index >= 15 is 0 Å². The second-order valence-corrected chi connectivity index (χ2v) is 6.33. The maximum Gasteiger partial charge on any atom is 0.0653 e. The van der Waals surface area contributed by atoms with Crippen molar-refractivity contribution in [2.24, 2.45) is 5.73 Å². The minimum atomic E-state index is -0.501. The van der Waals surface area contributed by atoms with Gasteiger partial charge < -0.3 is 15.7 Å². The van der Waals surface area contributed by atoms with E-state index < -0.39 is 5.60 Å². The fourth-order valence-corrected chi connectivity index (χ4v) is 3.06. The van der Waals surface area contributed by atoms with Crippen LogP contribution in [0.5, 0.6) is 0 Å². The molecule has 1 aliphatic heterocycles. The molecule has 1 saturated heterocycles. The SMILES string of the molecule is CC(N)c1ccc(N2CCC(C)(O)CC2)cc1Br. The number of rotatable bonds is 2. The first-order valence-corrected chi connectivity index (χ1v) is 7.21. The Bertz CT molecular complexity index is 422. The van der Waals surface area contributed by atoms with Gasteiger partial charge in [-0.1, -0.05) is 22.0 Å². The molecule has 4 heteroatoms. The Balaban J connectivity index is 2.13. The summed E-state index contributed by atoms with van der Waals surface area (Å²) >= 11 is 3.58. The average molecular weight is 313 g/mol. The van der Waals surface area contributed by atoms with Gasteiger partial charge in [-0.15, -0.1) is 0 Å². The van der Waals surface area contributed by atoms with E-state index in [0.717, 1.165) is 36.0 Å². The summed E-state index contributed by atoms with van der Waals surface area (Å²) in [6.07, 6.45) is 1.64. The molecule has 1 fully saturated rings. The highest BCUT2D eigenvalue weighted by Gasteiger charge is 2.27. The lowest BCUT2D eigenvalue weighted by Crippen LogP contribution is -2.42. The monoisotopic (exact) mass is 312 g/mol. The molecule has 2 rings (SSSR count). The minimum Gasteiger partial charge on any atom is -0.390 e. The van der Waals surface area contributed by atoms with E-state index in [4.69, 9.17) is 5.73 Å². The molecule has 1 heterocycles. The third-order valence-electron chi connectivity index (χ3n) is 3.68. The Hall–Kier alpha value is -0.580. The van der Waals surface area contributed by atoms with E-state index in [1.165, 1.54) is 5.69 Å². The highest BCUT2D eigenvalue weighted by molar-refractivity contribution is 9.10. The number of halogens is 1. The zero-order valence-corrected chi connectivity index (χ0v) is 12.6. The summed E-state index contributed by atoms with van der Waals surface area (Å²) < 4.78 is 1.06. The Labute approximate surface area is 117 Å². The molecule has 18 heavy (non-hydrogen) atoms. The fraction of sp³-hybridized carbons (Fsp3) is 0.571. The van der Waals surface area contributed by atoms with Crippen molar-refractivity contribution in [1.82, 2.24) is 0 Å². The standard InChI is InChI=1S/C14H21BrN2O/c1-10(16)12-4-3-11(9-13(12)15)17-7-5-14(2,18)6-8-17/h3-4,9-10,18H,5-8,16H2,1-2H3. The lowest BCUT2D eigenvalue weighted by atomic mass is 9.93. The number of aliphatic hydroxyl groups is 1. The van der Waals surface area contributed by atoms with E-state index in [0.29, 0.717) is 0 Å². The molecule has 0 saturated carbocycles. The molecule has 1 unspecified atom stereocenters. The summed E-state index contributed by atoms with van der Waals surface area (Å²) in [5, 5.41) is 9.96. The van der Waals surface area contributed by atoms with Gasteiger partial charge in [0.15, 0.2) is 0 Å². The number of benzene rings is 1. The predicted octanol–water partition coefficient (Wildman–Crippen LogP) is 2.82. The van der Waals surface area contributed by atoms with Crippen LogP contribution in [-0.4, -0.2) is 23.8 Å². The van der Waals surface area contributed by atoms with Gasteiger partial charge in [0.05, 0.1) is 5.60 Å². The van der Waals surface area contributed by atoms with Gasteiger partial charge >= 0.3 is 0 Å². The lowest BCUT2D eigenvalue weighted by Gasteiger charge is -2.37. The van der Waals surface area contributed by atoms with Gasteiger partial charge in [0.2, 0.25) is 0 Å². The molecule has 0 spiro atoms. The topological polar surface area (TPSA) is 49.5 Å². The predicted molar refractivity (Wildman–Crippen MR) is 78.8 cm³/mol. The molecule has 3 N–H and O–H groups in total. The third-order valence-corrected chi connectivity index (χ3v) is 4.37. The van der Waals surface area contributed by atoms with Gasteiger partial charge in [0, 0.05) is 29.3 Å². The van der Waals surface area contributed by atoms with Crippen LogP contribution >= 0.6 is 15.9 Å². The van der Waals surface area contributed by atoms with E-state index in [2.05, 4.69) is 39.0 Å². The van der Waals surface area contributed by atoms with Crippen molar-refractivity contribution in [2.75, 3.05) is 18.0 Å². The number of nitrogens with zero attached hydrogens (tertiary/aromatic N) is 1. The highest BCUT2D eigenvalue weighted by atomic mass is 79.9. The maximum atomic E-state index is 9.96. The van der Waals surface area contributed by atoms with Gasteiger partial charge in [0.1, 0.15) is 0 Å². The fourth-order valence-electron chi connectivity index (χ4n) is 2.33. The van der Waals surface area contributed by atoms with E-state index in [1.54, 1.807) is 0 Å². The molecular weight excluding hydrogens is 292 g/mol. The van der Waals surface area contributed by atoms with Crippen molar-refractivity contribution in [3.63, 3.8) is 0 Å². The first-order chi connectivity index (χ1) is 8.39. The average Bonchev–Trinajstić information content (AvgIpc) is 2.28. The molecule has 0 aromatic heterocycles. The van der Waals surface area contributed by atoms with Gasteiger partial charge in [-0.25, -0.2) is 0 Å². The van der Waals surface area contributed by atoms with Crippen molar-refractivity contribution >= 4 is 21.6 Å². The van der Waals surface area contributed by atoms with Crippen LogP contribution in [0.3, 0.4) is 0 Å². The molecule has 1 aromatic carbocycles. The molecule has 0 radical (unpaired) electrons. The van der Waals surface area contributed by atoms with Crippen LogP contribution < -0.4 is 10.6 Å². The first-order valence-electron chi connectivity index (χ1n) is 6.41. The maximum absolute atomic E-state index is 9.96. The second-order valence-electron chi connectivity index (χ2n) is 5.48. The number of anilines is 1. The zero-order valence-electron chi connectivity index (χ0n) is 11.0. The smallest absolute Gasteiger partial charge is 0.0653 e. The van der Waals surface area contributed by atoms with Crippen molar-refractivity contribution in [1.29, 1.82) is 0 Å². The molecule has 1 aromatic rings. The van der Waals surface area contributed by atoms with Crippen LogP contribution in [0, 0.1) is 0 Å². The van der Waals surface area contributed by atoms with Gasteiger partial charge in [-0.3, -0.25) is 0 Å². The summed E-state index contributed by atoms with van der Waals surface area (Å²) in [4.78, 5) is 2.31. The summed E-state index contributed by atoms with van der Waals surface area (Å²) in [6.45, 7) is 5.70. The van der Waals surface area contributed by atoms with Crippen molar-refractivity contribution in [2.45, 2.75) is 38.3 Å². The minimum absolute atomic E-state index is 0.0375. The van der Waals surface area contributed by atoms with Crippen LogP contribution in [0.2, 0.25) is 0 Å². The van der Waals surface area contributed by atoms with Gasteiger partial charge in [-0.2, -0.15) is 0 Å². The summed E-state index contributed by atoms with van der Waals surface area (Å²) in [7, 11) is 0. The number of nitrogens with two attached hydrogens (primary N) is 1. The second kappa shape index (κ2) is 5.19. The number of piperidine rings is 1. The van der Waals surface area contributed by atoms with Crippen molar-refractivity contribution < 1.29 is 5.11 Å². The molecule has 0 amide bonds. The number of hydrogen-bond acceptors (Lipinski definition) is 3.